The van der Waals surface area contributed by atoms with E-state index in [0.717, 1.165) is 5.56 Å². The smallest absolute Gasteiger partial charge is 0.276 e. The highest BCUT2D eigenvalue weighted by atomic mass is 32.2. The molecule has 0 radical (unpaired) electrons. The van der Waals surface area contributed by atoms with Gasteiger partial charge in [-0.05, 0) is 23.8 Å². The van der Waals surface area contributed by atoms with Crippen LogP contribution in [0.2, 0.25) is 0 Å². The van der Waals surface area contributed by atoms with Crippen LogP contribution < -0.4 is 20.6 Å². The van der Waals surface area contributed by atoms with Crippen LogP contribution in [0.25, 0.3) is 5.70 Å². The predicted molar refractivity (Wildman–Crippen MR) is 121 cm³/mol. The molecule has 3 aromatic rings. The second-order valence-corrected chi connectivity index (χ2v) is 8.16. The Bertz CT molecular complexity index is 1360. The molecule has 160 valence electrons. The number of amidine groups is 1. The first-order valence-electron chi connectivity index (χ1n) is 10.0. The Balaban J connectivity index is 1.59. The van der Waals surface area contributed by atoms with Crippen molar-refractivity contribution in [1.82, 2.24) is 10.3 Å². The van der Waals surface area contributed by atoms with Crippen molar-refractivity contribution in [2.24, 2.45) is 10.1 Å². The van der Waals surface area contributed by atoms with Crippen LogP contribution in [-0.2, 0) is 10.5 Å². The summed E-state index contributed by atoms with van der Waals surface area (Å²) in [6.45, 7) is 0. The van der Waals surface area contributed by atoms with E-state index in [9.17, 15) is 9.18 Å². The van der Waals surface area contributed by atoms with Crippen molar-refractivity contribution in [1.29, 1.82) is 0 Å². The van der Waals surface area contributed by atoms with Gasteiger partial charge >= 0.3 is 0 Å². The summed E-state index contributed by atoms with van der Waals surface area (Å²) in [4.78, 5) is 18.1. The third-order valence-electron chi connectivity index (χ3n) is 5.25. The number of halogens is 1. The number of nitrogens with zero attached hydrogens (tertiary/aromatic N) is 3. The number of methoxy groups -OCH3 is 1. The third kappa shape index (κ3) is 3.62. The topological polar surface area (TPSA) is 66.3 Å². The van der Waals surface area contributed by atoms with E-state index in [1.165, 1.54) is 17.8 Å². The van der Waals surface area contributed by atoms with E-state index in [-0.39, 0.29) is 11.7 Å². The Hall–Kier alpha value is -3.65. The van der Waals surface area contributed by atoms with Crippen molar-refractivity contribution in [2.75, 3.05) is 7.11 Å². The number of carbonyl (C=O) groups is 1. The number of fused-ring (bicyclic) bond motifs is 2. The molecule has 32 heavy (non-hydrogen) atoms. The van der Waals surface area contributed by atoms with Crippen LogP contribution >= 0.6 is 11.8 Å². The van der Waals surface area contributed by atoms with E-state index in [2.05, 4.69) is 5.32 Å². The van der Waals surface area contributed by atoms with Crippen LogP contribution in [0, 0.1) is 5.82 Å². The highest BCUT2D eigenvalue weighted by Crippen LogP contribution is 2.35. The molecule has 0 aromatic heterocycles. The molecule has 0 bridgehead atoms. The number of rotatable bonds is 4. The number of amides is 1. The van der Waals surface area contributed by atoms with Gasteiger partial charge in [0, 0.05) is 16.5 Å². The summed E-state index contributed by atoms with van der Waals surface area (Å²) < 4.78 is 19.6. The van der Waals surface area contributed by atoms with Crippen LogP contribution in [0.15, 0.2) is 82.9 Å². The highest BCUT2D eigenvalue weighted by molar-refractivity contribution is 8.13. The number of carbonyl (C=O) groups excluding carboxylic acids is 1. The molecule has 0 saturated heterocycles. The van der Waals surface area contributed by atoms with Crippen LogP contribution in [0.3, 0.4) is 0 Å². The molecule has 5 rings (SSSR count). The quantitative estimate of drug-likeness (QED) is 0.669. The van der Waals surface area contributed by atoms with Crippen molar-refractivity contribution in [3.05, 3.63) is 100 Å². The lowest BCUT2D eigenvalue weighted by Gasteiger charge is -2.34. The van der Waals surface area contributed by atoms with Gasteiger partial charge in [0.25, 0.3) is 5.91 Å². The van der Waals surface area contributed by atoms with Gasteiger partial charge < -0.3 is 4.74 Å². The lowest BCUT2D eigenvalue weighted by Crippen LogP contribution is -2.50. The molecule has 2 aliphatic rings. The summed E-state index contributed by atoms with van der Waals surface area (Å²) in [6, 6.07) is 21.6. The number of benzene rings is 3. The molecule has 1 amide bonds. The van der Waals surface area contributed by atoms with E-state index in [1.54, 1.807) is 30.3 Å². The second kappa shape index (κ2) is 8.47. The van der Waals surface area contributed by atoms with Gasteiger partial charge in [0.05, 0.1) is 12.5 Å². The monoisotopic (exact) mass is 446 g/mol. The van der Waals surface area contributed by atoms with E-state index in [4.69, 9.17) is 14.8 Å². The fourth-order valence-electron chi connectivity index (χ4n) is 3.74. The van der Waals surface area contributed by atoms with Gasteiger partial charge in [-0.3, -0.25) is 15.1 Å². The lowest BCUT2D eigenvalue weighted by molar-refractivity contribution is -0.116. The van der Waals surface area contributed by atoms with Crippen LogP contribution in [-0.4, -0.2) is 23.2 Å². The zero-order valence-electron chi connectivity index (χ0n) is 17.2. The first-order valence-corrected chi connectivity index (χ1v) is 11.0. The van der Waals surface area contributed by atoms with Crippen molar-refractivity contribution in [3.63, 3.8) is 0 Å². The maximum absolute atomic E-state index is 14.0. The molecular formula is C24H19FN4O2S. The lowest BCUT2D eigenvalue weighted by atomic mass is 10.1. The molecule has 1 atom stereocenters. The molecule has 0 fully saturated rings. The second-order valence-electron chi connectivity index (χ2n) is 7.19. The van der Waals surface area contributed by atoms with Gasteiger partial charge in [0.2, 0.25) is 0 Å². The van der Waals surface area contributed by atoms with Gasteiger partial charge in [-0.15, -0.1) is 5.10 Å². The summed E-state index contributed by atoms with van der Waals surface area (Å²) in [7, 11) is 1.60. The summed E-state index contributed by atoms with van der Waals surface area (Å²) in [5.74, 6) is 0.422. The van der Waals surface area contributed by atoms with E-state index >= 15 is 0 Å². The van der Waals surface area contributed by atoms with E-state index in [0.29, 0.717) is 38.5 Å². The molecule has 0 spiro atoms. The normalized spacial score (nSPS) is 17.0. The highest BCUT2D eigenvalue weighted by Gasteiger charge is 2.35. The number of hydrogen-bond acceptors (Lipinski definition) is 6. The summed E-state index contributed by atoms with van der Waals surface area (Å²) in [5.41, 5.74) is 1.75. The third-order valence-corrected chi connectivity index (χ3v) is 6.17. The van der Waals surface area contributed by atoms with Crippen LogP contribution in [0.5, 0.6) is 5.75 Å². The standard InChI is InChI=1S/C24H19FN4O2S/c1-31-20-13-7-4-10-17(20)22-26-19-12-6-3-9-16(19)21-23(30)27-24(28-29(21)22)32-14-15-8-2-5-11-18(15)25/h2-13,22H,14H2,1H3,(H,27,28,30)/t22-/m0/s1. The fraction of sp³-hybridized carbons (Fsp3) is 0.125. The molecular weight excluding hydrogens is 427 g/mol. The van der Waals surface area contributed by atoms with Crippen LogP contribution in [0.4, 0.5) is 4.39 Å². The van der Waals surface area contributed by atoms with Crippen molar-refractivity contribution in [3.8, 4) is 5.75 Å². The molecule has 2 aliphatic heterocycles. The average molecular weight is 447 g/mol. The number of hydrazone groups is 1. The van der Waals surface area contributed by atoms with Crippen molar-refractivity contribution < 1.29 is 13.9 Å². The minimum absolute atomic E-state index is 0.279. The Morgan fingerprint density at radius 2 is 1.81 bits per heavy atom. The van der Waals surface area contributed by atoms with Crippen LogP contribution in [0.1, 0.15) is 17.3 Å². The van der Waals surface area contributed by atoms with Gasteiger partial charge in [-0.1, -0.05) is 66.4 Å². The molecule has 1 N–H and O–H groups in total. The minimum Gasteiger partial charge on any atom is -0.496 e. The zero-order valence-corrected chi connectivity index (χ0v) is 18.0. The molecule has 0 aliphatic carbocycles. The molecule has 6 nitrogen and oxygen atoms in total. The molecule has 3 aromatic carbocycles. The maximum Gasteiger partial charge on any atom is 0.276 e. The zero-order chi connectivity index (χ0) is 22.1. The first kappa shape index (κ1) is 20.3. The fourth-order valence-corrected chi connectivity index (χ4v) is 4.57. The average Bonchev–Trinajstić information content (AvgIpc) is 2.83. The van der Waals surface area contributed by atoms with Gasteiger partial charge in [-0.2, -0.15) is 0 Å². The number of ether oxygens (including phenoxy) is 1. The van der Waals surface area contributed by atoms with Gasteiger partial charge in [0.15, 0.2) is 11.3 Å². The Morgan fingerprint density at radius 1 is 1.06 bits per heavy atom. The summed E-state index contributed by atoms with van der Waals surface area (Å²) in [5, 5.41) is 11.0. The number of hydrogen-bond donors (Lipinski definition) is 1. The number of para-hydroxylation sites is 2. The largest absolute Gasteiger partial charge is 0.496 e. The molecule has 0 saturated carbocycles. The number of nitrogens with one attached hydrogen (secondary N) is 1. The van der Waals surface area contributed by atoms with E-state index < -0.39 is 6.17 Å². The molecule has 8 heteroatoms. The van der Waals surface area contributed by atoms with Gasteiger partial charge in [-0.25, -0.2) is 9.40 Å². The summed E-state index contributed by atoms with van der Waals surface area (Å²) >= 11 is 1.26. The summed E-state index contributed by atoms with van der Waals surface area (Å²) in [6.07, 6.45) is -0.578. The van der Waals surface area contributed by atoms with E-state index in [1.807, 2.05) is 48.5 Å². The molecule has 0 unspecified atom stereocenters. The van der Waals surface area contributed by atoms with Crippen molar-refractivity contribution >= 4 is 28.5 Å². The van der Waals surface area contributed by atoms with Crippen molar-refractivity contribution in [2.45, 2.75) is 11.9 Å². The minimum atomic E-state index is -0.578. The Labute approximate surface area is 188 Å². The number of thioether (sulfide) groups is 1. The SMILES string of the molecule is COc1ccccc1[C@H]1N=c2ccccc2=C2C(=O)NC(SCc3ccccc3F)=NN21. The molecule has 2 heterocycles. The Morgan fingerprint density at radius 3 is 2.66 bits per heavy atom. The maximum atomic E-state index is 14.0. The first-order chi connectivity index (χ1) is 15.7. The predicted octanol–water partition coefficient (Wildman–Crippen LogP) is 2.91. The Kier molecular flexibility index (Phi) is 5.36. The van der Waals surface area contributed by atoms with Gasteiger partial charge in [0.1, 0.15) is 17.3 Å².